The van der Waals surface area contributed by atoms with Crippen LogP contribution in [0, 0.1) is 6.92 Å². The van der Waals surface area contributed by atoms with Crippen molar-refractivity contribution in [3.05, 3.63) is 40.1 Å². The van der Waals surface area contributed by atoms with Crippen LogP contribution in [0.3, 0.4) is 0 Å². The van der Waals surface area contributed by atoms with Crippen molar-refractivity contribution in [1.82, 2.24) is 15.0 Å². The Morgan fingerprint density at radius 2 is 1.95 bits per heavy atom. The summed E-state index contributed by atoms with van der Waals surface area (Å²) < 4.78 is 13.8. The van der Waals surface area contributed by atoms with E-state index in [0.29, 0.717) is 18.9 Å². The Morgan fingerprint density at radius 1 is 1.25 bits per heavy atom. The van der Waals surface area contributed by atoms with Gasteiger partial charge < -0.3 is 9.47 Å². The summed E-state index contributed by atoms with van der Waals surface area (Å²) >= 11 is 3.52. The average molecular weight is 340 g/mol. The highest BCUT2D eigenvalue weighted by Crippen LogP contribution is 2.23. The van der Waals surface area contributed by atoms with Crippen LogP contribution in [0.4, 0.5) is 0 Å². The van der Waals surface area contributed by atoms with Gasteiger partial charge in [0.2, 0.25) is 6.29 Å². The molecule has 0 amide bonds. The first kappa shape index (κ1) is 15.2. The summed E-state index contributed by atoms with van der Waals surface area (Å²) in [6.07, 6.45) is 1.37. The third-order valence-corrected chi connectivity index (χ3v) is 3.73. The number of nitrogens with zero attached hydrogens (tertiary/aromatic N) is 3. The first-order chi connectivity index (χ1) is 9.67. The third kappa shape index (κ3) is 3.26. The predicted molar refractivity (Wildman–Crippen MR) is 79.8 cm³/mol. The van der Waals surface area contributed by atoms with Crippen LogP contribution in [0.15, 0.2) is 28.9 Å². The smallest absolute Gasteiger partial charge is 0.204 e. The second-order valence-corrected chi connectivity index (χ2v) is 5.07. The van der Waals surface area contributed by atoms with E-state index in [0.717, 1.165) is 15.7 Å². The number of ether oxygens (including phenoxy) is 2. The Hall–Kier alpha value is -1.24. The molecule has 1 heterocycles. The molecule has 2 rings (SSSR count). The Labute approximate surface area is 127 Å². The maximum Gasteiger partial charge on any atom is 0.204 e. The number of hydrogen-bond acceptors (Lipinski definition) is 4. The molecular weight excluding hydrogens is 322 g/mol. The van der Waals surface area contributed by atoms with Crippen molar-refractivity contribution in [2.45, 2.75) is 27.1 Å². The minimum Gasteiger partial charge on any atom is -0.347 e. The van der Waals surface area contributed by atoms with E-state index >= 15 is 0 Å². The SMILES string of the molecule is CCOC(OCC)c1cn(-c2cccc(Br)c2C)nn1. The standard InChI is InChI=1S/C14H18BrN3O2/c1-4-19-14(20-5-2)12-9-18(17-16-12)13-8-6-7-11(15)10(13)3/h6-9,14H,4-5H2,1-3H3. The van der Waals surface area contributed by atoms with Crippen LogP contribution >= 0.6 is 15.9 Å². The Balaban J connectivity index is 2.30. The minimum atomic E-state index is -0.466. The molecule has 2 aromatic rings. The van der Waals surface area contributed by atoms with Crippen LogP contribution in [0.2, 0.25) is 0 Å². The second kappa shape index (κ2) is 6.97. The van der Waals surface area contributed by atoms with Gasteiger partial charge in [0.1, 0.15) is 5.69 Å². The molecule has 0 saturated heterocycles. The molecule has 1 aromatic carbocycles. The van der Waals surface area contributed by atoms with Crippen molar-refractivity contribution < 1.29 is 9.47 Å². The zero-order valence-corrected chi connectivity index (χ0v) is 13.4. The molecule has 0 unspecified atom stereocenters. The van der Waals surface area contributed by atoms with Crippen molar-refractivity contribution in [2.24, 2.45) is 0 Å². The van der Waals surface area contributed by atoms with E-state index < -0.39 is 6.29 Å². The lowest BCUT2D eigenvalue weighted by Gasteiger charge is -2.13. The highest BCUT2D eigenvalue weighted by Gasteiger charge is 2.16. The van der Waals surface area contributed by atoms with Crippen LogP contribution in [-0.4, -0.2) is 28.2 Å². The molecule has 0 aliphatic rings. The normalized spacial score (nSPS) is 11.2. The largest absolute Gasteiger partial charge is 0.347 e. The molecule has 0 N–H and O–H groups in total. The van der Waals surface area contributed by atoms with Crippen LogP contribution in [0.1, 0.15) is 31.4 Å². The van der Waals surface area contributed by atoms with Gasteiger partial charge >= 0.3 is 0 Å². The zero-order chi connectivity index (χ0) is 14.5. The molecule has 0 aliphatic heterocycles. The van der Waals surface area contributed by atoms with E-state index in [1.807, 2.05) is 45.2 Å². The molecule has 0 atom stereocenters. The number of aromatic nitrogens is 3. The van der Waals surface area contributed by atoms with Gasteiger partial charge in [0, 0.05) is 17.7 Å². The fraction of sp³-hybridized carbons (Fsp3) is 0.429. The van der Waals surface area contributed by atoms with E-state index in [-0.39, 0.29) is 0 Å². The van der Waals surface area contributed by atoms with Crippen molar-refractivity contribution >= 4 is 15.9 Å². The first-order valence-corrected chi connectivity index (χ1v) is 7.37. The highest BCUT2D eigenvalue weighted by molar-refractivity contribution is 9.10. The Kier molecular flexibility index (Phi) is 5.28. The van der Waals surface area contributed by atoms with E-state index in [4.69, 9.17) is 9.47 Å². The van der Waals surface area contributed by atoms with Crippen molar-refractivity contribution in [1.29, 1.82) is 0 Å². The molecule has 20 heavy (non-hydrogen) atoms. The summed E-state index contributed by atoms with van der Waals surface area (Å²) in [6, 6.07) is 5.96. The maximum atomic E-state index is 5.52. The molecule has 0 saturated carbocycles. The zero-order valence-electron chi connectivity index (χ0n) is 11.8. The fourth-order valence-electron chi connectivity index (χ4n) is 1.87. The van der Waals surface area contributed by atoms with E-state index in [2.05, 4.69) is 26.2 Å². The molecule has 0 bridgehead atoms. The minimum absolute atomic E-state index is 0.466. The van der Waals surface area contributed by atoms with Gasteiger partial charge in [0.05, 0.1) is 11.9 Å². The van der Waals surface area contributed by atoms with Gasteiger partial charge in [-0.1, -0.05) is 27.2 Å². The summed E-state index contributed by atoms with van der Waals surface area (Å²) in [4.78, 5) is 0. The molecule has 5 nitrogen and oxygen atoms in total. The quantitative estimate of drug-likeness (QED) is 0.756. The van der Waals surface area contributed by atoms with Crippen LogP contribution in [0.25, 0.3) is 5.69 Å². The summed E-state index contributed by atoms with van der Waals surface area (Å²) in [5.41, 5.74) is 2.76. The number of benzene rings is 1. The van der Waals surface area contributed by atoms with Crippen molar-refractivity contribution in [3.63, 3.8) is 0 Å². The summed E-state index contributed by atoms with van der Waals surface area (Å²) in [5, 5.41) is 8.31. The van der Waals surface area contributed by atoms with Gasteiger partial charge in [-0.2, -0.15) is 0 Å². The molecule has 0 spiro atoms. The van der Waals surface area contributed by atoms with Gasteiger partial charge in [-0.05, 0) is 38.5 Å². The number of hydrogen-bond donors (Lipinski definition) is 0. The lowest BCUT2D eigenvalue weighted by Crippen LogP contribution is -2.09. The molecular formula is C14H18BrN3O2. The average Bonchev–Trinajstić information content (AvgIpc) is 2.91. The Morgan fingerprint density at radius 3 is 2.60 bits per heavy atom. The summed E-state index contributed by atoms with van der Waals surface area (Å²) in [5.74, 6) is 0. The summed E-state index contributed by atoms with van der Waals surface area (Å²) in [7, 11) is 0. The van der Waals surface area contributed by atoms with Crippen LogP contribution in [-0.2, 0) is 9.47 Å². The third-order valence-electron chi connectivity index (χ3n) is 2.87. The monoisotopic (exact) mass is 339 g/mol. The van der Waals surface area contributed by atoms with E-state index in [1.54, 1.807) is 4.68 Å². The first-order valence-electron chi connectivity index (χ1n) is 6.58. The van der Waals surface area contributed by atoms with Gasteiger partial charge in [-0.25, -0.2) is 4.68 Å². The van der Waals surface area contributed by atoms with Crippen molar-refractivity contribution in [2.75, 3.05) is 13.2 Å². The molecule has 1 aromatic heterocycles. The molecule has 6 heteroatoms. The van der Waals surface area contributed by atoms with Crippen molar-refractivity contribution in [3.8, 4) is 5.69 Å². The molecule has 0 aliphatic carbocycles. The maximum absolute atomic E-state index is 5.52. The van der Waals surface area contributed by atoms with Crippen LogP contribution in [0.5, 0.6) is 0 Å². The number of rotatable bonds is 6. The van der Waals surface area contributed by atoms with Crippen LogP contribution < -0.4 is 0 Å². The van der Waals surface area contributed by atoms with Gasteiger partial charge in [0.15, 0.2) is 0 Å². The number of halogens is 1. The topological polar surface area (TPSA) is 49.2 Å². The second-order valence-electron chi connectivity index (χ2n) is 4.21. The van der Waals surface area contributed by atoms with Gasteiger partial charge in [-0.15, -0.1) is 5.10 Å². The lowest BCUT2D eigenvalue weighted by atomic mass is 10.2. The molecule has 0 radical (unpaired) electrons. The lowest BCUT2D eigenvalue weighted by molar-refractivity contribution is -0.142. The summed E-state index contributed by atoms with van der Waals surface area (Å²) in [6.45, 7) is 7.01. The van der Waals surface area contributed by atoms with E-state index in [1.165, 1.54) is 0 Å². The Bertz CT molecular complexity index is 565. The highest BCUT2D eigenvalue weighted by atomic mass is 79.9. The fourth-order valence-corrected chi connectivity index (χ4v) is 2.22. The van der Waals surface area contributed by atoms with Gasteiger partial charge in [0.25, 0.3) is 0 Å². The predicted octanol–water partition coefficient (Wildman–Crippen LogP) is 3.41. The van der Waals surface area contributed by atoms with Gasteiger partial charge in [-0.3, -0.25) is 0 Å². The van der Waals surface area contributed by atoms with E-state index in [9.17, 15) is 0 Å². The molecule has 108 valence electrons. The molecule has 0 fully saturated rings.